The highest BCUT2D eigenvalue weighted by Crippen LogP contribution is 2.35. The summed E-state index contributed by atoms with van der Waals surface area (Å²) in [5.41, 5.74) is 6.13. The second-order valence-corrected chi connectivity index (χ2v) is 7.11. The number of nitrogens with zero attached hydrogens (tertiary/aromatic N) is 2. The van der Waals surface area contributed by atoms with Crippen LogP contribution in [0.4, 0.5) is 5.69 Å². The summed E-state index contributed by atoms with van der Waals surface area (Å²) in [6.45, 7) is 7.37. The number of rotatable bonds is 3. The van der Waals surface area contributed by atoms with Gasteiger partial charge in [-0.15, -0.1) is 0 Å². The highest BCUT2D eigenvalue weighted by atomic mass is 16.5. The maximum Gasteiger partial charge on any atom is 0.303 e. The van der Waals surface area contributed by atoms with Gasteiger partial charge in [0.15, 0.2) is 0 Å². The van der Waals surface area contributed by atoms with E-state index in [0.29, 0.717) is 0 Å². The normalized spacial score (nSPS) is 18.0. The third kappa shape index (κ3) is 4.80. The first-order valence-electron chi connectivity index (χ1n) is 10.3. The average molecular weight is 379 g/mol. The number of esters is 1. The molecule has 0 N–H and O–H groups in total. The van der Waals surface area contributed by atoms with Gasteiger partial charge >= 0.3 is 5.97 Å². The van der Waals surface area contributed by atoms with Crippen LogP contribution < -0.4 is 0 Å². The number of carbonyl (C=O) groups excluding carboxylic acids is 1. The van der Waals surface area contributed by atoms with E-state index in [9.17, 15) is 4.79 Å². The van der Waals surface area contributed by atoms with Crippen molar-refractivity contribution in [2.45, 2.75) is 59.1 Å². The lowest BCUT2D eigenvalue weighted by molar-refractivity contribution is -0.147. The predicted octanol–water partition coefficient (Wildman–Crippen LogP) is 5.37. The summed E-state index contributed by atoms with van der Waals surface area (Å²) in [5.74, 6) is -0.219. The number of benzene rings is 2. The Bertz CT molecular complexity index is 844. The fourth-order valence-corrected chi connectivity index (χ4v) is 3.91. The molecule has 1 atom stereocenters. The molecule has 148 valence electrons. The number of aliphatic imine (C=N–C) groups is 1. The Balaban J connectivity index is 0.00000109. The van der Waals surface area contributed by atoms with Gasteiger partial charge in [-0.25, -0.2) is 4.99 Å². The van der Waals surface area contributed by atoms with E-state index in [2.05, 4.69) is 52.4 Å². The Hall–Kier alpha value is -2.62. The number of ether oxygens (including phenoxy) is 1. The lowest BCUT2D eigenvalue weighted by Gasteiger charge is -2.27. The number of carbonyl (C=O) groups is 1. The average Bonchev–Trinajstić information content (AvgIpc) is 2.73. The molecular formula is C24H30N2O2. The summed E-state index contributed by atoms with van der Waals surface area (Å²) in [6, 6.07) is 14.9. The van der Waals surface area contributed by atoms with E-state index in [1.165, 1.54) is 23.6 Å². The van der Waals surface area contributed by atoms with E-state index in [4.69, 9.17) is 4.74 Å². The Morgan fingerprint density at radius 2 is 1.89 bits per heavy atom. The molecule has 0 fully saturated rings. The molecule has 4 heteroatoms. The molecule has 4 nitrogen and oxygen atoms in total. The topological polar surface area (TPSA) is 41.9 Å². The lowest BCUT2D eigenvalue weighted by Crippen LogP contribution is -2.29. The summed E-state index contributed by atoms with van der Waals surface area (Å²) in [5, 5.41) is 0. The zero-order valence-electron chi connectivity index (χ0n) is 17.1. The van der Waals surface area contributed by atoms with E-state index in [-0.39, 0.29) is 12.1 Å². The molecule has 2 aromatic carbocycles. The molecule has 0 saturated heterocycles. The molecule has 2 aliphatic rings. The Labute approximate surface area is 168 Å². The van der Waals surface area contributed by atoms with Gasteiger partial charge in [0.2, 0.25) is 0 Å². The van der Waals surface area contributed by atoms with Crippen LogP contribution in [0.25, 0.3) is 0 Å². The van der Waals surface area contributed by atoms with E-state index in [1.807, 2.05) is 20.2 Å². The lowest BCUT2D eigenvalue weighted by atomic mass is 9.89. The van der Waals surface area contributed by atoms with Crippen molar-refractivity contribution >= 4 is 18.0 Å². The molecule has 0 amide bonds. The number of fused-ring (bicyclic) bond motifs is 2. The van der Waals surface area contributed by atoms with Gasteiger partial charge in [0.1, 0.15) is 6.10 Å². The molecule has 1 unspecified atom stereocenters. The van der Waals surface area contributed by atoms with Crippen LogP contribution in [0, 0.1) is 0 Å². The summed E-state index contributed by atoms with van der Waals surface area (Å²) >= 11 is 0. The molecule has 4 rings (SSSR count). The van der Waals surface area contributed by atoms with Crippen molar-refractivity contribution in [2.24, 2.45) is 4.99 Å². The Morgan fingerprint density at radius 1 is 1.11 bits per heavy atom. The molecule has 1 aliphatic carbocycles. The zero-order valence-corrected chi connectivity index (χ0v) is 17.1. The fourth-order valence-electron chi connectivity index (χ4n) is 3.91. The van der Waals surface area contributed by atoms with Crippen LogP contribution in [0.1, 0.15) is 62.0 Å². The largest absolute Gasteiger partial charge is 0.458 e. The second-order valence-electron chi connectivity index (χ2n) is 7.11. The SMILES string of the molecule is CC.CC(=O)OC1CCCc2ccc(N=CN3CCc4ccccc4C3)cc21. The molecule has 1 heterocycles. The standard InChI is InChI=1S/C22H24N2O2.C2H6/c1-16(25)26-22-8-4-7-18-9-10-20(13-21(18)22)23-15-24-12-11-17-5-2-3-6-19(17)14-24;1-2/h2-3,5-6,9-10,13,15,22H,4,7-8,11-12,14H2,1H3;1-2H3. The summed E-state index contributed by atoms with van der Waals surface area (Å²) in [6.07, 6.45) is 5.86. The van der Waals surface area contributed by atoms with Gasteiger partial charge in [0.05, 0.1) is 12.0 Å². The van der Waals surface area contributed by atoms with Crippen molar-refractivity contribution in [1.29, 1.82) is 0 Å². The van der Waals surface area contributed by atoms with Gasteiger partial charge in [0, 0.05) is 20.0 Å². The number of hydrogen-bond acceptors (Lipinski definition) is 3. The van der Waals surface area contributed by atoms with Crippen LogP contribution in [0.2, 0.25) is 0 Å². The van der Waals surface area contributed by atoms with Crippen molar-refractivity contribution in [3.63, 3.8) is 0 Å². The van der Waals surface area contributed by atoms with Crippen molar-refractivity contribution in [1.82, 2.24) is 4.90 Å². The van der Waals surface area contributed by atoms with Gasteiger partial charge in [0.25, 0.3) is 0 Å². The quantitative estimate of drug-likeness (QED) is 0.409. The monoisotopic (exact) mass is 378 g/mol. The van der Waals surface area contributed by atoms with E-state index < -0.39 is 0 Å². The molecule has 0 aromatic heterocycles. The van der Waals surface area contributed by atoms with Crippen LogP contribution >= 0.6 is 0 Å². The molecule has 0 radical (unpaired) electrons. The highest BCUT2D eigenvalue weighted by Gasteiger charge is 2.23. The van der Waals surface area contributed by atoms with Gasteiger partial charge in [-0.2, -0.15) is 0 Å². The summed E-state index contributed by atoms with van der Waals surface area (Å²) < 4.78 is 5.50. The van der Waals surface area contributed by atoms with Crippen LogP contribution in [-0.4, -0.2) is 23.8 Å². The van der Waals surface area contributed by atoms with Crippen LogP contribution in [-0.2, 0) is 28.9 Å². The minimum atomic E-state index is -0.219. The van der Waals surface area contributed by atoms with Crippen molar-refractivity contribution in [3.8, 4) is 0 Å². The molecule has 0 spiro atoms. The predicted molar refractivity (Wildman–Crippen MR) is 114 cm³/mol. The summed E-state index contributed by atoms with van der Waals surface area (Å²) in [7, 11) is 0. The van der Waals surface area contributed by atoms with Crippen molar-refractivity contribution < 1.29 is 9.53 Å². The van der Waals surface area contributed by atoms with Crippen LogP contribution in [0.3, 0.4) is 0 Å². The first kappa shape index (κ1) is 20.1. The molecule has 0 saturated carbocycles. The Kier molecular flexibility index (Phi) is 6.85. The van der Waals surface area contributed by atoms with Crippen molar-refractivity contribution in [3.05, 3.63) is 64.7 Å². The number of hydrogen-bond donors (Lipinski definition) is 0. The van der Waals surface area contributed by atoms with Crippen LogP contribution in [0.5, 0.6) is 0 Å². The smallest absolute Gasteiger partial charge is 0.303 e. The second kappa shape index (κ2) is 9.54. The first-order valence-corrected chi connectivity index (χ1v) is 10.3. The van der Waals surface area contributed by atoms with E-state index in [1.54, 1.807) is 0 Å². The molecular weight excluding hydrogens is 348 g/mol. The first-order chi connectivity index (χ1) is 13.7. The molecule has 1 aliphatic heterocycles. The zero-order chi connectivity index (χ0) is 19.9. The minimum Gasteiger partial charge on any atom is -0.458 e. The van der Waals surface area contributed by atoms with Crippen LogP contribution in [0.15, 0.2) is 47.5 Å². The summed E-state index contributed by atoms with van der Waals surface area (Å²) in [4.78, 5) is 18.3. The van der Waals surface area contributed by atoms with Gasteiger partial charge < -0.3 is 9.64 Å². The molecule has 28 heavy (non-hydrogen) atoms. The van der Waals surface area contributed by atoms with Crippen molar-refractivity contribution in [2.75, 3.05) is 6.54 Å². The third-order valence-electron chi connectivity index (χ3n) is 5.23. The molecule has 0 bridgehead atoms. The maximum atomic E-state index is 11.4. The Morgan fingerprint density at radius 3 is 2.68 bits per heavy atom. The third-order valence-corrected chi connectivity index (χ3v) is 5.23. The minimum absolute atomic E-state index is 0.131. The van der Waals surface area contributed by atoms with E-state index >= 15 is 0 Å². The van der Waals surface area contributed by atoms with Gasteiger partial charge in [-0.1, -0.05) is 44.2 Å². The molecule has 2 aromatic rings. The highest BCUT2D eigenvalue weighted by molar-refractivity contribution is 5.67. The van der Waals surface area contributed by atoms with Gasteiger partial charge in [-0.3, -0.25) is 4.79 Å². The number of aryl methyl sites for hydroxylation is 1. The van der Waals surface area contributed by atoms with E-state index in [0.717, 1.165) is 50.0 Å². The fraction of sp³-hybridized carbons (Fsp3) is 0.417. The maximum absolute atomic E-state index is 11.4. The van der Waals surface area contributed by atoms with Gasteiger partial charge in [-0.05, 0) is 60.1 Å².